The normalized spacial score (nSPS) is 10.9. The van der Waals surface area contributed by atoms with Crippen molar-refractivity contribution in [1.29, 1.82) is 0 Å². The van der Waals surface area contributed by atoms with Crippen LogP contribution in [0.1, 0.15) is 20.8 Å². The highest BCUT2D eigenvalue weighted by Crippen LogP contribution is 2.13. The van der Waals surface area contributed by atoms with Gasteiger partial charge in [0.05, 0.1) is 0 Å². The number of rotatable bonds is 1. The quantitative estimate of drug-likeness (QED) is 0.725. The molecule has 0 aliphatic rings. The zero-order valence-corrected chi connectivity index (χ0v) is 8.87. The van der Waals surface area contributed by atoms with Gasteiger partial charge in [0.15, 0.2) is 5.75 Å². The Hall–Kier alpha value is -1.65. The van der Waals surface area contributed by atoms with Gasteiger partial charge in [0.25, 0.3) is 5.95 Å². The molecular formula is C10H13FN2O2. The summed E-state index contributed by atoms with van der Waals surface area (Å²) in [5.41, 5.74) is -0.421. The predicted octanol–water partition coefficient (Wildman–Crippen LogP) is 2.11. The highest BCUT2D eigenvalue weighted by atomic mass is 19.1. The number of hydrogen-bond donors (Lipinski definition) is 1. The zero-order valence-electron chi connectivity index (χ0n) is 8.87. The maximum absolute atomic E-state index is 13.0. The van der Waals surface area contributed by atoms with Crippen LogP contribution in [0.4, 0.5) is 9.18 Å². The molecule has 0 unspecified atom stereocenters. The number of halogens is 1. The second kappa shape index (κ2) is 4.25. The number of pyridine rings is 1. The molecule has 15 heavy (non-hydrogen) atoms. The molecular weight excluding hydrogens is 199 g/mol. The number of nitrogens with one attached hydrogen (secondary N) is 1. The Morgan fingerprint density at radius 2 is 2.20 bits per heavy atom. The summed E-state index contributed by atoms with van der Waals surface area (Å²) in [6.45, 7) is 5.40. The lowest BCUT2D eigenvalue weighted by Gasteiger charge is -2.19. The fraction of sp³-hybridized carbons (Fsp3) is 0.400. The van der Waals surface area contributed by atoms with Crippen molar-refractivity contribution in [3.8, 4) is 5.75 Å². The van der Waals surface area contributed by atoms with Crippen molar-refractivity contribution in [3.63, 3.8) is 0 Å². The smallest absolute Gasteiger partial charge is 0.405 e. The summed E-state index contributed by atoms with van der Waals surface area (Å²) >= 11 is 0. The number of ether oxygens (including phenoxy) is 1. The van der Waals surface area contributed by atoms with E-state index < -0.39 is 17.6 Å². The van der Waals surface area contributed by atoms with Crippen LogP contribution in [0.3, 0.4) is 0 Å². The Balaban J connectivity index is 2.64. The third-order valence-corrected chi connectivity index (χ3v) is 1.40. The molecule has 0 bridgehead atoms. The van der Waals surface area contributed by atoms with Crippen molar-refractivity contribution in [2.24, 2.45) is 0 Å². The van der Waals surface area contributed by atoms with Gasteiger partial charge < -0.3 is 10.1 Å². The van der Waals surface area contributed by atoms with Crippen molar-refractivity contribution in [2.45, 2.75) is 26.3 Å². The molecule has 0 saturated heterocycles. The van der Waals surface area contributed by atoms with Crippen LogP contribution in [0.2, 0.25) is 0 Å². The Morgan fingerprint density at radius 3 is 2.73 bits per heavy atom. The van der Waals surface area contributed by atoms with Gasteiger partial charge in [-0.15, -0.1) is 0 Å². The summed E-state index contributed by atoms with van der Waals surface area (Å²) in [7, 11) is 0. The summed E-state index contributed by atoms with van der Waals surface area (Å²) < 4.78 is 17.7. The lowest BCUT2D eigenvalue weighted by Crippen LogP contribution is -2.42. The van der Waals surface area contributed by atoms with Gasteiger partial charge in [0, 0.05) is 11.7 Å². The molecule has 0 fully saturated rings. The molecule has 1 heterocycles. The Kier molecular flexibility index (Phi) is 3.24. The first kappa shape index (κ1) is 11.4. The van der Waals surface area contributed by atoms with Crippen LogP contribution in [-0.2, 0) is 0 Å². The second-order valence-corrected chi connectivity index (χ2v) is 4.06. The zero-order chi connectivity index (χ0) is 11.5. The molecule has 0 aromatic carbocycles. The molecule has 1 N–H and O–H groups in total. The van der Waals surface area contributed by atoms with Crippen molar-refractivity contribution in [3.05, 3.63) is 24.3 Å². The van der Waals surface area contributed by atoms with E-state index in [1.54, 1.807) is 20.8 Å². The maximum Gasteiger partial charge on any atom is 0.413 e. The molecule has 0 atom stereocenters. The highest BCUT2D eigenvalue weighted by molar-refractivity contribution is 5.71. The molecule has 0 aliphatic heterocycles. The number of aromatic nitrogens is 1. The van der Waals surface area contributed by atoms with Gasteiger partial charge in [0.2, 0.25) is 0 Å². The van der Waals surface area contributed by atoms with E-state index in [0.717, 1.165) is 0 Å². The number of amides is 1. The van der Waals surface area contributed by atoms with Crippen LogP contribution in [-0.4, -0.2) is 16.6 Å². The molecule has 1 aromatic heterocycles. The number of hydrogen-bond acceptors (Lipinski definition) is 3. The van der Waals surface area contributed by atoms with Crippen molar-refractivity contribution >= 4 is 6.09 Å². The van der Waals surface area contributed by atoms with Gasteiger partial charge in [-0.3, -0.25) is 0 Å². The molecule has 0 aliphatic carbocycles. The van der Waals surface area contributed by atoms with E-state index in [1.807, 2.05) is 0 Å². The average molecular weight is 212 g/mol. The first-order chi connectivity index (χ1) is 6.88. The van der Waals surface area contributed by atoms with E-state index in [0.29, 0.717) is 0 Å². The second-order valence-electron chi connectivity index (χ2n) is 4.06. The minimum atomic E-state index is -0.804. The van der Waals surface area contributed by atoms with E-state index in [2.05, 4.69) is 10.3 Å². The number of nitrogens with zero attached hydrogens (tertiary/aromatic N) is 1. The van der Waals surface area contributed by atoms with Gasteiger partial charge in [-0.2, -0.15) is 4.39 Å². The van der Waals surface area contributed by atoms with Crippen LogP contribution in [0.5, 0.6) is 5.75 Å². The predicted molar refractivity (Wildman–Crippen MR) is 53.1 cm³/mol. The van der Waals surface area contributed by atoms with Gasteiger partial charge >= 0.3 is 6.09 Å². The maximum atomic E-state index is 13.0. The summed E-state index contributed by atoms with van der Waals surface area (Å²) in [5.74, 6) is -0.985. The third kappa shape index (κ3) is 3.93. The number of carbonyl (C=O) groups is 1. The van der Waals surface area contributed by atoms with Crippen LogP contribution >= 0.6 is 0 Å². The fourth-order valence-electron chi connectivity index (χ4n) is 0.879. The highest BCUT2D eigenvalue weighted by Gasteiger charge is 2.16. The standard InChI is InChI=1S/C10H13FN2O2/c1-10(2,3)13-9(14)15-7-5-4-6-12-8(7)11/h4-6H,1-3H3,(H,13,14). The molecule has 0 radical (unpaired) electrons. The molecule has 0 saturated carbocycles. The summed E-state index contributed by atoms with van der Waals surface area (Å²) in [6, 6.07) is 2.83. The van der Waals surface area contributed by atoms with Gasteiger partial charge in [-0.25, -0.2) is 9.78 Å². The lowest BCUT2D eigenvalue weighted by molar-refractivity contribution is 0.188. The largest absolute Gasteiger partial charge is 0.413 e. The summed E-state index contributed by atoms with van der Waals surface area (Å²) in [6.07, 6.45) is 0.582. The summed E-state index contributed by atoms with van der Waals surface area (Å²) in [5, 5.41) is 2.54. The van der Waals surface area contributed by atoms with Crippen LogP contribution in [0.25, 0.3) is 0 Å². The van der Waals surface area contributed by atoms with E-state index in [9.17, 15) is 9.18 Å². The molecule has 1 amide bonds. The van der Waals surface area contributed by atoms with Crippen LogP contribution in [0, 0.1) is 5.95 Å². The molecule has 5 heteroatoms. The fourth-order valence-corrected chi connectivity index (χ4v) is 0.879. The van der Waals surface area contributed by atoms with Crippen molar-refractivity contribution in [2.75, 3.05) is 0 Å². The van der Waals surface area contributed by atoms with E-state index in [-0.39, 0.29) is 5.75 Å². The molecule has 1 rings (SSSR count). The van der Waals surface area contributed by atoms with E-state index >= 15 is 0 Å². The number of carbonyl (C=O) groups excluding carboxylic acids is 1. The monoisotopic (exact) mass is 212 g/mol. The van der Waals surface area contributed by atoms with E-state index in [4.69, 9.17) is 4.74 Å². The minimum Gasteiger partial charge on any atom is -0.405 e. The van der Waals surface area contributed by atoms with Gasteiger partial charge in [-0.1, -0.05) is 0 Å². The SMILES string of the molecule is CC(C)(C)NC(=O)Oc1cccnc1F. The molecule has 82 valence electrons. The first-order valence-corrected chi connectivity index (χ1v) is 4.49. The Bertz CT molecular complexity index is 361. The van der Waals surface area contributed by atoms with Gasteiger partial charge in [0.1, 0.15) is 0 Å². The molecule has 1 aromatic rings. The van der Waals surface area contributed by atoms with Crippen LogP contribution < -0.4 is 10.1 Å². The van der Waals surface area contributed by atoms with E-state index in [1.165, 1.54) is 18.3 Å². The average Bonchev–Trinajstić information content (AvgIpc) is 2.05. The van der Waals surface area contributed by atoms with Gasteiger partial charge in [-0.05, 0) is 32.9 Å². The van der Waals surface area contributed by atoms with Crippen molar-refractivity contribution < 1.29 is 13.9 Å². The molecule has 0 spiro atoms. The lowest BCUT2D eigenvalue weighted by atomic mass is 10.1. The minimum absolute atomic E-state index is 0.181. The Morgan fingerprint density at radius 1 is 1.53 bits per heavy atom. The van der Waals surface area contributed by atoms with Crippen LogP contribution in [0.15, 0.2) is 18.3 Å². The first-order valence-electron chi connectivity index (χ1n) is 4.49. The Labute approximate surface area is 87.5 Å². The summed E-state index contributed by atoms with van der Waals surface area (Å²) in [4.78, 5) is 14.6. The van der Waals surface area contributed by atoms with Crippen molar-refractivity contribution in [1.82, 2.24) is 10.3 Å². The third-order valence-electron chi connectivity index (χ3n) is 1.40. The molecule has 4 nitrogen and oxygen atoms in total. The topological polar surface area (TPSA) is 51.2 Å².